The molecule has 0 aromatic heterocycles. The third-order valence-corrected chi connectivity index (χ3v) is 7.11. The van der Waals surface area contributed by atoms with Crippen molar-refractivity contribution in [2.75, 3.05) is 26.2 Å². The fourth-order valence-electron chi connectivity index (χ4n) is 3.14. The van der Waals surface area contributed by atoms with Gasteiger partial charge in [-0.25, -0.2) is 8.42 Å². The van der Waals surface area contributed by atoms with E-state index in [1.165, 1.54) is 10.4 Å². The number of benzene rings is 1. The molecule has 0 amide bonds. The summed E-state index contributed by atoms with van der Waals surface area (Å²) in [6.45, 7) is 4.19. The average Bonchev–Trinajstić information content (AvgIpc) is 3.02. The fourth-order valence-corrected chi connectivity index (χ4v) is 5.34. The maximum Gasteiger partial charge on any atom is 0.274 e. The van der Waals surface area contributed by atoms with E-state index < -0.39 is 14.9 Å². The van der Waals surface area contributed by atoms with E-state index in [9.17, 15) is 18.5 Å². The van der Waals surface area contributed by atoms with Crippen molar-refractivity contribution >= 4 is 31.6 Å². The Morgan fingerprint density at radius 2 is 1.91 bits per heavy atom. The second kappa shape index (κ2) is 5.55. The van der Waals surface area contributed by atoms with Crippen molar-refractivity contribution in [2.24, 2.45) is 11.8 Å². The van der Waals surface area contributed by atoms with Crippen LogP contribution in [0.5, 0.6) is 0 Å². The van der Waals surface area contributed by atoms with Crippen LogP contribution in [-0.4, -0.2) is 43.8 Å². The molecule has 2 fully saturated rings. The average molecular weight is 390 g/mol. The third-order valence-electron chi connectivity index (χ3n) is 4.48. The monoisotopic (exact) mass is 389 g/mol. The maximum absolute atomic E-state index is 12.8. The van der Waals surface area contributed by atoms with Gasteiger partial charge < -0.3 is 5.32 Å². The van der Waals surface area contributed by atoms with Crippen LogP contribution < -0.4 is 5.32 Å². The van der Waals surface area contributed by atoms with Crippen molar-refractivity contribution < 1.29 is 13.3 Å². The van der Waals surface area contributed by atoms with Gasteiger partial charge >= 0.3 is 0 Å². The first-order valence-corrected chi connectivity index (χ1v) is 9.19. The van der Waals surface area contributed by atoms with Gasteiger partial charge in [0.15, 0.2) is 0 Å². The van der Waals surface area contributed by atoms with Gasteiger partial charge in [-0.15, -0.1) is 0 Å². The molecule has 3 rings (SSSR count). The van der Waals surface area contributed by atoms with E-state index >= 15 is 0 Å². The summed E-state index contributed by atoms with van der Waals surface area (Å²) in [6.07, 6.45) is 0. The van der Waals surface area contributed by atoms with Gasteiger partial charge in [-0.3, -0.25) is 10.1 Å². The lowest BCUT2D eigenvalue weighted by atomic mass is 10.0. The Morgan fingerprint density at radius 3 is 2.45 bits per heavy atom. The highest BCUT2D eigenvalue weighted by Crippen LogP contribution is 2.34. The summed E-state index contributed by atoms with van der Waals surface area (Å²) in [6, 6.07) is 2.60. The topological polar surface area (TPSA) is 92.6 Å². The molecule has 2 heterocycles. The third kappa shape index (κ3) is 2.55. The molecule has 22 heavy (non-hydrogen) atoms. The van der Waals surface area contributed by atoms with Crippen LogP contribution in [0.1, 0.15) is 5.56 Å². The number of fused-ring (bicyclic) bond motifs is 1. The molecule has 9 heteroatoms. The molecular weight excluding hydrogens is 374 g/mol. The Kier molecular flexibility index (Phi) is 4.00. The van der Waals surface area contributed by atoms with Crippen LogP contribution in [0.4, 0.5) is 5.69 Å². The Balaban J connectivity index is 1.98. The summed E-state index contributed by atoms with van der Waals surface area (Å²) in [5.74, 6) is 0.664. The largest absolute Gasteiger partial charge is 0.316 e. The van der Waals surface area contributed by atoms with Gasteiger partial charge in [0.05, 0.1) is 9.82 Å². The zero-order chi connectivity index (χ0) is 16.1. The fraction of sp³-hybridized carbons (Fsp3) is 0.538. The molecule has 0 radical (unpaired) electrons. The van der Waals surface area contributed by atoms with E-state index in [0.717, 1.165) is 19.2 Å². The van der Waals surface area contributed by atoms with Crippen molar-refractivity contribution in [2.45, 2.75) is 11.8 Å². The highest BCUT2D eigenvalue weighted by molar-refractivity contribution is 9.10. The molecule has 2 aliphatic rings. The van der Waals surface area contributed by atoms with Crippen LogP contribution in [0.3, 0.4) is 0 Å². The summed E-state index contributed by atoms with van der Waals surface area (Å²) in [7, 11) is -3.70. The zero-order valence-corrected chi connectivity index (χ0v) is 14.4. The molecule has 1 N–H and O–H groups in total. The van der Waals surface area contributed by atoms with Crippen LogP contribution >= 0.6 is 15.9 Å². The van der Waals surface area contributed by atoms with E-state index in [-0.39, 0.29) is 10.6 Å². The predicted molar refractivity (Wildman–Crippen MR) is 84.1 cm³/mol. The van der Waals surface area contributed by atoms with Crippen LogP contribution in [0.25, 0.3) is 0 Å². The molecule has 0 spiro atoms. The van der Waals surface area contributed by atoms with Gasteiger partial charge in [-0.2, -0.15) is 4.31 Å². The molecule has 2 atom stereocenters. The standard InChI is InChI=1S/C13H16BrN3O4S/c1-8-12(14)2-11(3-13(8)17(18)19)22(20,21)16-6-9-4-15-5-10(9)7-16/h2-3,9-10,15H,4-7H2,1H3/t9-,10+. The van der Waals surface area contributed by atoms with E-state index in [1.807, 2.05) is 0 Å². The minimum Gasteiger partial charge on any atom is -0.316 e. The lowest BCUT2D eigenvalue weighted by Gasteiger charge is -2.18. The lowest BCUT2D eigenvalue weighted by Crippen LogP contribution is -2.32. The van der Waals surface area contributed by atoms with Crippen molar-refractivity contribution in [3.8, 4) is 0 Å². The molecule has 1 aromatic rings. The second-order valence-corrected chi connectivity index (χ2v) is 8.60. The van der Waals surface area contributed by atoms with E-state index in [2.05, 4.69) is 21.2 Å². The van der Waals surface area contributed by atoms with Crippen LogP contribution in [-0.2, 0) is 10.0 Å². The number of rotatable bonds is 3. The van der Waals surface area contributed by atoms with Crippen molar-refractivity contribution in [1.82, 2.24) is 9.62 Å². The molecule has 1 aromatic carbocycles. The van der Waals surface area contributed by atoms with Crippen LogP contribution in [0.15, 0.2) is 21.5 Å². The Bertz CT molecular complexity index is 725. The number of nitro groups is 1. The first-order chi connectivity index (χ1) is 10.3. The van der Waals surface area contributed by atoms with Gasteiger partial charge in [0.2, 0.25) is 10.0 Å². The SMILES string of the molecule is Cc1c(Br)cc(S(=O)(=O)N2C[C@H]3CNC[C@H]3C2)cc1[N+](=O)[O-]. The quantitative estimate of drug-likeness (QED) is 0.624. The molecular formula is C13H16BrN3O4S. The number of nitrogens with one attached hydrogen (secondary N) is 1. The lowest BCUT2D eigenvalue weighted by molar-refractivity contribution is -0.385. The molecule has 120 valence electrons. The van der Waals surface area contributed by atoms with E-state index in [1.54, 1.807) is 6.92 Å². The second-order valence-electron chi connectivity index (χ2n) is 5.81. The molecule has 2 aliphatic heterocycles. The molecule has 0 unspecified atom stereocenters. The van der Waals surface area contributed by atoms with Gasteiger partial charge in [0.1, 0.15) is 0 Å². The highest BCUT2D eigenvalue weighted by atomic mass is 79.9. The van der Waals surface area contributed by atoms with E-state index in [4.69, 9.17) is 0 Å². The van der Waals surface area contributed by atoms with Gasteiger partial charge in [0.25, 0.3) is 5.69 Å². The Hall–Kier alpha value is -1.03. The summed E-state index contributed by atoms with van der Waals surface area (Å²) in [4.78, 5) is 10.5. The number of nitro benzene ring substituents is 1. The van der Waals surface area contributed by atoms with Gasteiger partial charge in [-0.1, -0.05) is 15.9 Å². The van der Waals surface area contributed by atoms with Crippen LogP contribution in [0.2, 0.25) is 0 Å². The number of hydrogen-bond donors (Lipinski definition) is 1. The Labute approximate surface area is 137 Å². The number of nitrogens with zero attached hydrogens (tertiary/aromatic N) is 2. The minimum atomic E-state index is -3.70. The summed E-state index contributed by atoms with van der Waals surface area (Å²) >= 11 is 3.22. The predicted octanol–water partition coefficient (Wildman–Crippen LogP) is 1.51. The zero-order valence-electron chi connectivity index (χ0n) is 12.0. The summed E-state index contributed by atoms with van der Waals surface area (Å²) in [5, 5.41) is 14.4. The number of halogens is 1. The van der Waals surface area contributed by atoms with Gasteiger partial charge in [-0.05, 0) is 37.9 Å². The molecule has 0 bridgehead atoms. The molecule has 0 aliphatic carbocycles. The highest BCUT2D eigenvalue weighted by Gasteiger charge is 2.42. The summed E-state index contributed by atoms with van der Waals surface area (Å²) in [5.41, 5.74) is 0.237. The minimum absolute atomic E-state index is 0.0235. The normalized spacial score (nSPS) is 25.4. The van der Waals surface area contributed by atoms with Crippen molar-refractivity contribution in [1.29, 1.82) is 0 Å². The summed E-state index contributed by atoms with van der Waals surface area (Å²) < 4.78 is 27.4. The molecule has 2 saturated heterocycles. The van der Waals surface area contributed by atoms with E-state index in [0.29, 0.717) is 35.0 Å². The van der Waals surface area contributed by atoms with Crippen LogP contribution in [0, 0.1) is 28.9 Å². The Morgan fingerprint density at radius 1 is 1.32 bits per heavy atom. The van der Waals surface area contributed by atoms with Gasteiger partial charge in [0, 0.05) is 29.2 Å². The smallest absolute Gasteiger partial charge is 0.274 e. The number of sulfonamides is 1. The molecule has 0 saturated carbocycles. The van der Waals surface area contributed by atoms with Crippen molar-refractivity contribution in [3.05, 3.63) is 32.3 Å². The maximum atomic E-state index is 12.8. The van der Waals surface area contributed by atoms with Crippen molar-refractivity contribution in [3.63, 3.8) is 0 Å². The molecule has 7 nitrogen and oxygen atoms in total. The first kappa shape index (κ1) is 15.9. The number of hydrogen-bond acceptors (Lipinski definition) is 5. The first-order valence-electron chi connectivity index (χ1n) is 6.96.